The highest BCUT2D eigenvalue weighted by Gasteiger charge is 2.55. The molecule has 2 aromatic carbocycles. The third-order valence-corrected chi connectivity index (χ3v) is 10.2. The fourth-order valence-corrected chi connectivity index (χ4v) is 6.52. The maximum atomic E-state index is 13.7. The number of ether oxygens (including phenoxy) is 5. The van der Waals surface area contributed by atoms with Gasteiger partial charge in [0.15, 0.2) is 18.3 Å². The Morgan fingerprint density at radius 1 is 0.655 bits per heavy atom. The number of hydrogen-bond donors (Lipinski definition) is 0. The smallest absolute Gasteiger partial charge is 0.311 e. The third-order valence-electron chi connectivity index (χ3n) is 9.05. The Morgan fingerprint density at radius 3 is 1.69 bits per heavy atom. The topological polar surface area (TPSA) is 114 Å². The van der Waals surface area contributed by atoms with Crippen molar-refractivity contribution in [3.8, 4) is 10.4 Å². The zero-order valence-corrected chi connectivity index (χ0v) is 35.3. The van der Waals surface area contributed by atoms with Crippen molar-refractivity contribution in [2.75, 3.05) is 6.61 Å². The Labute approximate surface area is 329 Å². The third kappa shape index (κ3) is 11.3. The van der Waals surface area contributed by atoms with Crippen LogP contribution in [0.3, 0.4) is 0 Å². The monoisotopic (exact) mass is 780 g/mol. The van der Waals surface area contributed by atoms with E-state index >= 15 is 0 Å². The molecule has 1 aliphatic rings. The molecule has 4 rings (SSSR count). The molecule has 3 aromatic rings. The Bertz CT molecular complexity index is 1850. The maximum absolute atomic E-state index is 13.7. The van der Waals surface area contributed by atoms with E-state index in [2.05, 4.69) is 0 Å². The van der Waals surface area contributed by atoms with E-state index in [1.54, 1.807) is 107 Å². The van der Waals surface area contributed by atoms with Crippen LogP contribution < -0.4 is 0 Å². The molecule has 1 saturated heterocycles. The highest BCUT2D eigenvalue weighted by Crippen LogP contribution is 2.41. The maximum Gasteiger partial charge on any atom is 0.311 e. The second-order valence-electron chi connectivity index (χ2n) is 18.4. The average molecular weight is 781 g/mol. The summed E-state index contributed by atoms with van der Waals surface area (Å²) >= 11 is 1.60. The van der Waals surface area contributed by atoms with Crippen LogP contribution in [0.4, 0.5) is 4.39 Å². The van der Waals surface area contributed by atoms with Crippen LogP contribution in [0.15, 0.2) is 54.6 Å². The molecule has 0 spiro atoms. The minimum Gasteiger partial charge on any atom is -0.462 e. The Morgan fingerprint density at radius 2 is 1.16 bits per heavy atom. The number of hydrogen-bond acceptors (Lipinski definition) is 10. The first-order valence-corrected chi connectivity index (χ1v) is 19.5. The average Bonchev–Trinajstić information content (AvgIpc) is 3.53. The van der Waals surface area contributed by atoms with Gasteiger partial charge in [0, 0.05) is 16.2 Å². The number of benzene rings is 2. The molecule has 2 heterocycles. The molecule has 11 heteroatoms. The summed E-state index contributed by atoms with van der Waals surface area (Å²) in [6.07, 6.45) is -5.53. The van der Waals surface area contributed by atoms with Crippen LogP contribution >= 0.6 is 11.3 Å². The number of thiophene rings is 1. The zero-order valence-electron chi connectivity index (χ0n) is 34.5. The molecule has 55 heavy (non-hydrogen) atoms. The van der Waals surface area contributed by atoms with E-state index in [9.17, 15) is 23.6 Å². The van der Waals surface area contributed by atoms with Gasteiger partial charge in [-0.1, -0.05) is 30.3 Å². The molecule has 0 aliphatic carbocycles. The minimum absolute atomic E-state index is 0.298. The van der Waals surface area contributed by atoms with Crippen molar-refractivity contribution in [3.05, 3.63) is 82.0 Å². The SMILES string of the molecule is Cc1ccc([C@@H]2O[C@H](COC(=O)C(C)(C)C)C(OC(=O)C(C)(C)C)[C@H](OC(=O)C(C)(C)C)C2OC(=O)C(C)(C)C)cc1Cc1ccc(-c2ccc(F)cc2)s1. The van der Waals surface area contributed by atoms with Crippen molar-refractivity contribution in [1.82, 2.24) is 0 Å². The molecule has 0 N–H and O–H groups in total. The Kier molecular flexibility index (Phi) is 13.1. The lowest BCUT2D eigenvalue weighted by Crippen LogP contribution is -2.61. The molecule has 5 atom stereocenters. The number of halogens is 1. The highest BCUT2D eigenvalue weighted by molar-refractivity contribution is 7.15. The highest BCUT2D eigenvalue weighted by atomic mass is 32.1. The Hall–Kier alpha value is -4.09. The van der Waals surface area contributed by atoms with Crippen molar-refractivity contribution in [3.63, 3.8) is 0 Å². The first-order chi connectivity index (χ1) is 25.3. The van der Waals surface area contributed by atoms with Gasteiger partial charge < -0.3 is 23.7 Å². The zero-order chi connectivity index (χ0) is 41.3. The van der Waals surface area contributed by atoms with E-state index in [1.165, 1.54) is 12.1 Å². The van der Waals surface area contributed by atoms with Crippen molar-refractivity contribution in [1.29, 1.82) is 0 Å². The van der Waals surface area contributed by atoms with Gasteiger partial charge in [0.25, 0.3) is 0 Å². The molecule has 2 unspecified atom stereocenters. The predicted molar refractivity (Wildman–Crippen MR) is 210 cm³/mol. The van der Waals surface area contributed by atoms with Crippen LogP contribution in [0.1, 0.15) is 111 Å². The normalized spacial score (nSPS) is 20.7. The molecule has 0 amide bonds. The number of aryl methyl sites for hydroxylation is 1. The van der Waals surface area contributed by atoms with Crippen LogP contribution in [0.2, 0.25) is 0 Å². The van der Waals surface area contributed by atoms with Gasteiger partial charge in [-0.25, -0.2) is 4.39 Å². The predicted octanol–water partition coefficient (Wildman–Crippen LogP) is 9.36. The summed E-state index contributed by atoms with van der Waals surface area (Å²) in [5, 5.41) is 0. The van der Waals surface area contributed by atoms with E-state index in [4.69, 9.17) is 23.7 Å². The van der Waals surface area contributed by atoms with Gasteiger partial charge in [-0.2, -0.15) is 0 Å². The molecular formula is C44H57FO9S. The van der Waals surface area contributed by atoms with Gasteiger partial charge in [0.2, 0.25) is 0 Å². The quantitative estimate of drug-likeness (QED) is 0.155. The summed E-state index contributed by atoms with van der Waals surface area (Å²) in [5.41, 5.74) is -0.255. The van der Waals surface area contributed by atoms with Gasteiger partial charge >= 0.3 is 23.9 Å². The summed E-state index contributed by atoms with van der Waals surface area (Å²) in [6, 6.07) is 16.2. The molecule has 1 fully saturated rings. The number of rotatable bonds is 9. The van der Waals surface area contributed by atoms with Crippen LogP contribution in [0.5, 0.6) is 0 Å². The fraction of sp³-hybridized carbons (Fsp3) is 0.545. The summed E-state index contributed by atoms with van der Waals surface area (Å²) < 4.78 is 44.7. The van der Waals surface area contributed by atoms with Crippen LogP contribution in [-0.4, -0.2) is 54.9 Å². The van der Waals surface area contributed by atoms with Crippen molar-refractivity contribution < 1.29 is 47.3 Å². The second kappa shape index (κ2) is 16.6. The van der Waals surface area contributed by atoms with Gasteiger partial charge in [0.05, 0.1) is 21.7 Å². The van der Waals surface area contributed by atoms with Crippen molar-refractivity contribution in [2.45, 2.75) is 127 Å². The number of carbonyl (C=O) groups excluding carboxylic acids is 4. The van der Waals surface area contributed by atoms with Gasteiger partial charge in [0.1, 0.15) is 24.6 Å². The van der Waals surface area contributed by atoms with E-state index < -0.39 is 76.1 Å². The fourth-order valence-electron chi connectivity index (χ4n) is 5.49. The number of esters is 4. The first-order valence-electron chi connectivity index (χ1n) is 18.7. The molecule has 300 valence electrons. The standard InChI is InChI=1S/C44H57FO9S/c1-25-14-15-27(22-28(25)23-30-20-21-32(55-30)26-16-18-29(45)19-17-26)33-35(53-39(48)43(8,9)10)36(54-40(49)44(11,12)13)34(52-38(47)42(5,6)7)31(51-33)24-50-37(46)41(2,3)4/h14-22,31,33-36H,23-24H2,1-13H3/t31-,33+,34?,35?,36+/m1/s1. The van der Waals surface area contributed by atoms with Crippen molar-refractivity contribution >= 4 is 35.2 Å². The lowest BCUT2D eigenvalue weighted by atomic mass is 9.87. The summed E-state index contributed by atoms with van der Waals surface area (Å²) in [7, 11) is 0. The lowest BCUT2D eigenvalue weighted by molar-refractivity contribution is -0.262. The number of carbonyl (C=O) groups is 4. The van der Waals surface area contributed by atoms with Gasteiger partial charge in [-0.3, -0.25) is 19.2 Å². The molecule has 9 nitrogen and oxygen atoms in total. The molecule has 1 aromatic heterocycles. The first kappa shape index (κ1) is 43.6. The molecule has 0 radical (unpaired) electrons. The van der Waals surface area contributed by atoms with Crippen LogP contribution in [-0.2, 0) is 49.3 Å². The van der Waals surface area contributed by atoms with E-state index in [0.29, 0.717) is 12.0 Å². The van der Waals surface area contributed by atoms with E-state index in [0.717, 1.165) is 26.4 Å². The molecule has 1 aliphatic heterocycles. The van der Waals surface area contributed by atoms with E-state index in [1.807, 2.05) is 37.3 Å². The molecule has 0 bridgehead atoms. The van der Waals surface area contributed by atoms with Gasteiger partial charge in [-0.05, 0) is 137 Å². The van der Waals surface area contributed by atoms with E-state index in [-0.39, 0.29) is 12.4 Å². The summed E-state index contributed by atoms with van der Waals surface area (Å²) in [4.78, 5) is 56.1. The van der Waals surface area contributed by atoms with Crippen LogP contribution in [0, 0.1) is 34.4 Å². The lowest BCUT2D eigenvalue weighted by Gasteiger charge is -2.46. The molecule has 0 saturated carbocycles. The summed E-state index contributed by atoms with van der Waals surface area (Å²) in [6.45, 7) is 22.1. The van der Waals surface area contributed by atoms with Gasteiger partial charge in [-0.15, -0.1) is 11.3 Å². The second-order valence-corrected chi connectivity index (χ2v) is 19.6. The minimum atomic E-state index is -1.35. The molecular weight excluding hydrogens is 724 g/mol. The van der Waals surface area contributed by atoms with Crippen LogP contribution in [0.25, 0.3) is 10.4 Å². The Balaban J connectivity index is 1.85. The largest absolute Gasteiger partial charge is 0.462 e. The van der Waals surface area contributed by atoms with Crippen molar-refractivity contribution in [2.24, 2.45) is 21.7 Å². The summed E-state index contributed by atoms with van der Waals surface area (Å²) in [5.74, 6) is -2.62.